The normalized spacial score (nSPS) is 38.0. The van der Waals surface area contributed by atoms with E-state index in [1.165, 1.54) is 0 Å². The third-order valence-electron chi connectivity index (χ3n) is 2.44. The quantitative estimate of drug-likeness (QED) is 0.759. The van der Waals surface area contributed by atoms with Gasteiger partial charge in [-0.25, -0.2) is 0 Å². The van der Waals surface area contributed by atoms with Crippen molar-refractivity contribution in [1.29, 1.82) is 0 Å². The molecule has 1 rings (SSSR count). The summed E-state index contributed by atoms with van der Waals surface area (Å²) in [6.07, 6.45) is -0.764. The van der Waals surface area contributed by atoms with E-state index in [1.807, 2.05) is 27.7 Å². The molecule has 4 nitrogen and oxygen atoms in total. The lowest BCUT2D eigenvalue weighted by atomic mass is 10.0. The highest BCUT2D eigenvalue weighted by Gasteiger charge is 2.37. The Kier molecular flexibility index (Phi) is 4.12. The van der Waals surface area contributed by atoms with Gasteiger partial charge in [0.1, 0.15) is 6.10 Å². The van der Waals surface area contributed by atoms with Gasteiger partial charge in [-0.15, -0.1) is 0 Å². The van der Waals surface area contributed by atoms with Crippen molar-refractivity contribution in [3.63, 3.8) is 0 Å². The first-order valence-electron chi connectivity index (χ1n) is 5.37. The van der Waals surface area contributed by atoms with Crippen molar-refractivity contribution in [2.24, 2.45) is 0 Å². The molecule has 0 bridgehead atoms. The molecular formula is C11H22O4. The van der Waals surface area contributed by atoms with Crippen LogP contribution in [-0.4, -0.2) is 42.4 Å². The summed E-state index contributed by atoms with van der Waals surface area (Å²) < 4.78 is 16.5. The Bertz CT molecular complexity index is 199. The van der Waals surface area contributed by atoms with E-state index in [1.54, 1.807) is 7.11 Å². The van der Waals surface area contributed by atoms with Crippen LogP contribution in [0.1, 0.15) is 34.1 Å². The molecule has 1 saturated heterocycles. The Balaban J connectivity index is 2.55. The minimum Gasteiger partial charge on any atom is -0.388 e. The van der Waals surface area contributed by atoms with E-state index < -0.39 is 6.10 Å². The van der Waals surface area contributed by atoms with Gasteiger partial charge in [0.15, 0.2) is 6.29 Å². The molecule has 90 valence electrons. The van der Waals surface area contributed by atoms with Gasteiger partial charge in [0, 0.05) is 13.5 Å². The van der Waals surface area contributed by atoms with E-state index in [9.17, 15) is 5.11 Å². The Morgan fingerprint density at radius 3 is 2.40 bits per heavy atom. The standard InChI is InChI=1S/C11H22O4/c1-7-10(12)8(13-5)6-9(14-7)15-11(2,3)4/h7-10,12H,6H2,1-5H3/t7?,8?,9?,10-/m0/s1. The van der Waals surface area contributed by atoms with Crippen molar-refractivity contribution in [1.82, 2.24) is 0 Å². The van der Waals surface area contributed by atoms with Crippen LogP contribution >= 0.6 is 0 Å². The Labute approximate surface area is 91.5 Å². The molecular weight excluding hydrogens is 196 g/mol. The fourth-order valence-electron chi connectivity index (χ4n) is 1.71. The van der Waals surface area contributed by atoms with E-state index in [-0.39, 0.29) is 24.1 Å². The number of rotatable bonds is 2. The molecule has 1 heterocycles. The van der Waals surface area contributed by atoms with Gasteiger partial charge in [0.05, 0.1) is 17.8 Å². The predicted molar refractivity (Wildman–Crippen MR) is 56.6 cm³/mol. The Morgan fingerprint density at radius 2 is 1.93 bits per heavy atom. The van der Waals surface area contributed by atoms with Crippen molar-refractivity contribution in [3.05, 3.63) is 0 Å². The number of aliphatic hydroxyl groups excluding tert-OH is 1. The van der Waals surface area contributed by atoms with Gasteiger partial charge in [-0.3, -0.25) is 0 Å². The fraction of sp³-hybridized carbons (Fsp3) is 1.00. The third kappa shape index (κ3) is 3.72. The number of methoxy groups -OCH3 is 1. The molecule has 1 aliphatic heterocycles. The van der Waals surface area contributed by atoms with E-state index >= 15 is 0 Å². The van der Waals surface area contributed by atoms with E-state index in [4.69, 9.17) is 14.2 Å². The number of aliphatic hydroxyl groups is 1. The third-order valence-corrected chi connectivity index (χ3v) is 2.44. The second-order valence-electron chi connectivity index (χ2n) is 5.00. The lowest BCUT2D eigenvalue weighted by molar-refractivity contribution is -0.275. The van der Waals surface area contributed by atoms with Gasteiger partial charge in [-0.1, -0.05) is 0 Å². The van der Waals surface area contributed by atoms with Crippen molar-refractivity contribution in [3.8, 4) is 0 Å². The van der Waals surface area contributed by atoms with Gasteiger partial charge in [-0.2, -0.15) is 0 Å². The summed E-state index contributed by atoms with van der Waals surface area (Å²) >= 11 is 0. The lowest BCUT2D eigenvalue weighted by Crippen LogP contribution is -2.49. The van der Waals surface area contributed by atoms with Crippen LogP contribution in [0.4, 0.5) is 0 Å². The molecule has 0 aliphatic carbocycles. The zero-order valence-electron chi connectivity index (χ0n) is 10.2. The number of hydrogen-bond acceptors (Lipinski definition) is 4. The maximum atomic E-state index is 9.75. The zero-order chi connectivity index (χ0) is 11.6. The summed E-state index contributed by atoms with van der Waals surface area (Å²) in [5.74, 6) is 0. The van der Waals surface area contributed by atoms with E-state index in [2.05, 4.69) is 0 Å². The van der Waals surface area contributed by atoms with Crippen LogP contribution < -0.4 is 0 Å². The predicted octanol–water partition coefficient (Wildman–Crippen LogP) is 1.31. The van der Waals surface area contributed by atoms with Gasteiger partial charge in [-0.05, 0) is 27.7 Å². The van der Waals surface area contributed by atoms with E-state index in [0.29, 0.717) is 6.42 Å². The molecule has 0 aromatic rings. The highest BCUT2D eigenvalue weighted by Crippen LogP contribution is 2.25. The van der Waals surface area contributed by atoms with Gasteiger partial charge >= 0.3 is 0 Å². The molecule has 4 atom stereocenters. The molecule has 1 fully saturated rings. The maximum absolute atomic E-state index is 9.75. The van der Waals surface area contributed by atoms with Crippen LogP contribution in [-0.2, 0) is 14.2 Å². The molecule has 1 aliphatic rings. The van der Waals surface area contributed by atoms with Gasteiger partial charge < -0.3 is 19.3 Å². The summed E-state index contributed by atoms with van der Waals surface area (Å²) in [5.41, 5.74) is -0.245. The number of ether oxygens (including phenoxy) is 3. The molecule has 0 saturated carbocycles. The van der Waals surface area contributed by atoms with Crippen LogP contribution in [0.3, 0.4) is 0 Å². The van der Waals surface area contributed by atoms with Crippen molar-refractivity contribution >= 4 is 0 Å². The molecule has 3 unspecified atom stereocenters. The molecule has 15 heavy (non-hydrogen) atoms. The highest BCUT2D eigenvalue weighted by atomic mass is 16.7. The highest BCUT2D eigenvalue weighted by molar-refractivity contribution is 4.82. The van der Waals surface area contributed by atoms with Crippen LogP contribution in [0.25, 0.3) is 0 Å². The molecule has 0 aromatic carbocycles. The van der Waals surface area contributed by atoms with E-state index in [0.717, 1.165) is 0 Å². The van der Waals surface area contributed by atoms with Crippen LogP contribution in [0.15, 0.2) is 0 Å². The monoisotopic (exact) mass is 218 g/mol. The summed E-state index contributed by atoms with van der Waals surface area (Å²) in [6, 6.07) is 0. The van der Waals surface area contributed by atoms with Crippen molar-refractivity contribution < 1.29 is 19.3 Å². The lowest BCUT2D eigenvalue weighted by Gasteiger charge is -2.39. The van der Waals surface area contributed by atoms with Crippen LogP contribution in [0.5, 0.6) is 0 Å². The first kappa shape index (κ1) is 12.9. The number of hydrogen-bond donors (Lipinski definition) is 1. The van der Waals surface area contributed by atoms with Gasteiger partial charge in [0.2, 0.25) is 0 Å². The van der Waals surface area contributed by atoms with Crippen LogP contribution in [0, 0.1) is 0 Å². The van der Waals surface area contributed by atoms with Gasteiger partial charge in [0.25, 0.3) is 0 Å². The average Bonchev–Trinajstić information content (AvgIpc) is 2.08. The topological polar surface area (TPSA) is 47.9 Å². The molecule has 0 radical (unpaired) electrons. The first-order valence-corrected chi connectivity index (χ1v) is 5.37. The summed E-state index contributed by atoms with van der Waals surface area (Å²) in [4.78, 5) is 0. The minimum absolute atomic E-state index is 0.207. The average molecular weight is 218 g/mol. The SMILES string of the molecule is COC1CC(OC(C)(C)C)OC(C)[C@@H]1O. The first-order chi connectivity index (χ1) is 6.83. The Morgan fingerprint density at radius 1 is 1.33 bits per heavy atom. The van der Waals surface area contributed by atoms with Crippen molar-refractivity contribution in [2.75, 3.05) is 7.11 Å². The van der Waals surface area contributed by atoms with Crippen LogP contribution in [0.2, 0.25) is 0 Å². The maximum Gasteiger partial charge on any atom is 0.161 e. The molecule has 1 N–H and O–H groups in total. The second kappa shape index (κ2) is 4.78. The minimum atomic E-state index is -0.574. The summed E-state index contributed by atoms with van der Waals surface area (Å²) in [6.45, 7) is 7.77. The van der Waals surface area contributed by atoms with Crippen molar-refractivity contribution in [2.45, 2.75) is 64.3 Å². The second-order valence-corrected chi connectivity index (χ2v) is 5.00. The largest absolute Gasteiger partial charge is 0.388 e. The smallest absolute Gasteiger partial charge is 0.161 e. The molecule has 0 spiro atoms. The molecule has 0 aromatic heterocycles. The Hall–Kier alpha value is -0.160. The molecule has 0 amide bonds. The summed E-state index contributed by atoms with van der Waals surface area (Å²) in [5, 5.41) is 9.75. The molecule has 4 heteroatoms. The summed E-state index contributed by atoms with van der Waals surface area (Å²) in [7, 11) is 1.60. The fourth-order valence-corrected chi connectivity index (χ4v) is 1.71. The zero-order valence-corrected chi connectivity index (χ0v) is 10.2.